The number of aromatic amines is 1. The Labute approximate surface area is 189 Å². The number of sulfonamides is 1. The summed E-state index contributed by atoms with van der Waals surface area (Å²) in [7, 11) is -3.99. The van der Waals surface area contributed by atoms with Gasteiger partial charge in [-0.25, -0.2) is 23.5 Å². The minimum Gasteiger partial charge on any atom is -0.484 e. The molecule has 3 heterocycles. The highest BCUT2D eigenvalue weighted by Gasteiger charge is 2.53. The molecule has 0 radical (unpaired) electrons. The number of benzene rings is 1. The first-order valence-corrected chi connectivity index (χ1v) is 12.0. The van der Waals surface area contributed by atoms with E-state index in [9.17, 15) is 13.2 Å². The minimum absolute atomic E-state index is 0.000448. The average molecular weight is 477 g/mol. The molecule has 2 aromatic heterocycles. The molecule has 32 heavy (non-hydrogen) atoms. The molecule has 3 aromatic rings. The molecule has 3 N–H and O–H groups in total. The summed E-state index contributed by atoms with van der Waals surface area (Å²) in [5.74, 6) is 0.928. The van der Waals surface area contributed by atoms with Crippen LogP contribution in [-0.2, 0) is 14.8 Å². The van der Waals surface area contributed by atoms with Gasteiger partial charge < -0.3 is 19.5 Å². The quantitative estimate of drug-likeness (QED) is 0.570. The van der Waals surface area contributed by atoms with Gasteiger partial charge in [0.25, 0.3) is 5.91 Å². The molecule has 1 amide bonds. The summed E-state index contributed by atoms with van der Waals surface area (Å²) in [6.45, 7) is 1.66. The number of aromatic nitrogens is 3. The van der Waals surface area contributed by atoms with Crippen molar-refractivity contribution in [1.29, 1.82) is 0 Å². The van der Waals surface area contributed by atoms with Crippen LogP contribution in [0.15, 0.2) is 41.7 Å². The fourth-order valence-corrected chi connectivity index (χ4v) is 5.31. The van der Waals surface area contributed by atoms with Gasteiger partial charge in [0.2, 0.25) is 10.0 Å². The second-order valence-corrected chi connectivity index (χ2v) is 9.99. The number of carbonyl (C=O) groups is 1. The third-order valence-corrected chi connectivity index (χ3v) is 7.38. The second kappa shape index (κ2) is 7.61. The zero-order chi connectivity index (χ0) is 22.5. The monoisotopic (exact) mass is 476 g/mol. The standard InChI is InChI=1S/C20H21ClN6O4S/c21-15-2-1-13(9-16(15)32(22,29)30)31-10-17(28)27-8-7-26(11-20(27)4-5-20)19-14-3-6-23-18(14)24-12-25-19/h1-3,6,9,12H,4-5,7-8,10-11H2,(H2,22,29,30)(H,23,24,25). The molecule has 1 aromatic carbocycles. The van der Waals surface area contributed by atoms with Gasteiger partial charge in [0, 0.05) is 31.9 Å². The lowest BCUT2D eigenvalue weighted by Crippen LogP contribution is -2.58. The molecule has 1 aliphatic carbocycles. The number of nitrogens with one attached hydrogen (secondary N) is 1. The normalized spacial score (nSPS) is 17.7. The number of nitrogens with two attached hydrogens (primary N) is 1. The first-order valence-electron chi connectivity index (χ1n) is 10.1. The van der Waals surface area contributed by atoms with Crippen LogP contribution in [0.3, 0.4) is 0 Å². The van der Waals surface area contributed by atoms with Crippen LogP contribution in [0.5, 0.6) is 5.75 Å². The molecule has 2 fully saturated rings. The highest BCUT2D eigenvalue weighted by molar-refractivity contribution is 7.89. The van der Waals surface area contributed by atoms with E-state index in [1.54, 1.807) is 6.33 Å². The summed E-state index contributed by atoms with van der Waals surface area (Å²) in [5, 5.41) is 6.13. The number of carbonyl (C=O) groups excluding carboxylic acids is 1. The molecule has 1 aliphatic heterocycles. The third kappa shape index (κ3) is 3.76. The largest absolute Gasteiger partial charge is 0.484 e. The van der Waals surface area contributed by atoms with E-state index in [2.05, 4.69) is 19.9 Å². The van der Waals surface area contributed by atoms with E-state index in [1.807, 2.05) is 17.2 Å². The van der Waals surface area contributed by atoms with Crippen LogP contribution >= 0.6 is 11.6 Å². The Morgan fingerprint density at radius 3 is 2.81 bits per heavy atom. The first-order chi connectivity index (χ1) is 15.3. The van der Waals surface area contributed by atoms with Gasteiger partial charge in [-0.2, -0.15) is 0 Å². The Morgan fingerprint density at radius 2 is 2.06 bits per heavy atom. The smallest absolute Gasteiger partial charge is 0.261 e. The van der Waals surface area contributed by atoms with Gasteiger partial charge in [-0.05, 0) is 31.0 Å². The molecule has 1 saturated carbocycles. The Kier molecular flexibility index (Phi) is 4.99. The molecule has 1 saturated heterocycles. The summed E-state index contributed by atoms with van der Waals surface area (Å²) in [5.41, 5.74) is 0.548. The molecule has 0 atom stereocenters. The van der Waals surface area contributed by atoms with Crippen LogP contribution in [0.25, 0.3) is 11.0 Å². The molecule has 1 spiro atoms. The Bertz CT molecular complexity index is 1310. The Balaban J connectivity index is 1.28. The molecular formula is C20H21ClN6O4S. The highest BCUT2D eigenvalue weighted by atomic mass is 35.5. The Hall–Kier alpha value is -2.89. The fraction of sp³-hybridized carbons (Fsp3) is 0.350. The molecule has 0 unspecified atom stereocenters. The van der Waals surface area contributed by atoms with Crippen molar-refractivity contribution in [1.82, 2.24) is 19.9 Å². The number of H-pyrrole nitrogens is 1. The van der Waals surface area contributed by atoms with Crippen molar-refractivity contribution in [2.24, 2.45) is 5.14 Å². The average Bonchev–Trinajstić information content (AvgIpc) is 3.33. The van der Waals surface area contributed by atoms with E-state index >= 15 is 0 Å². The molecule has 5 rings (SSSR count). The predicted molar refractivity (Wildman–Crippen MR) is 118 cm³/mol. The van der Waals surface area contributed by atoms with E-state index in [4.69, 9.17) is 21.5 Å². The van der Waals surface area contributed by atoms with Crippen molar-refractivity contribution in [3.05, 3.63) is 41.8 Å². The number of nitrogens with zero attached hydrogens (tertiary/aromatic N) is 4. The number of piperazine rings is 1. The predicted octanol–water partition coefficient (Wildman–Crippen LogP) is 1.52. The lowest BCUT2D eigenvalue weighted by atomic mass is 10.1. The topological polar surface area (TPSA) is 135 Å². The maximum absolute atomic E-state index is 13.0. The van der Waals surface area contributed by atoms with E-state index < -0.39 is 10.0 Å². The maximum Gasteiger partial charge on any atom is 0.261 e. The summed E-state index contributed by atoms with van der Waals surface area (Å²) < 4.78 is 28.9. The number of fused-ring (bicyclic) bond motifs is 1. The zero-order valence-electron chi connectivity index (χ0n) is 17.0. The summed E-state index contributed by atoms with van der Waals surface area (Å²) in [4.78, 5) is 28.6. The molecule has 0 bridgehead atoms. The number of rotatable bonds is 5. The summed E-state index contributed by atoms with van der Waals surface area (Å²) in [6.07, 6.45) is 5.20. The summed E-state index contributed by atoms with van der Waals surface area (Å²) in [6, 6.07) is 6.07. The molecule has 10 nitrogen and oxygen atoms in total. The van der Waals surface area contributed by atoms with Crippen LogP contribution in [0.4, 0.5) is 5.82 Å². The van der Waals surface area contributed by atoms with E-state index in [0.717, 1.165) is 29.7 Å². The summed E-state index contributed by atoms with van der Waals surface area (Å²) >= 11 is 5.90. The number of halogens is 1. The van der Waals surface area contributed by atoms with Crippen LogP contribution in [-0.4, -0.2) is 66.0 Å². The van der Waals surface area contributed by atoms with E-state index in [1.165, 1.54) is 18.2 Å². The third-order valence-electron chi connectivity index (χ3n) is 5.98. The highest BCUT2D eigenvalue weighted by Crippen LogP contribution is 2.45. The zero-order valence-corrected chi connectivity index (χ0v) is 18.6. The van der Waals surface area contributed by atoms with Crippen molar-refractivity contribution < 1.29 is 17.9 Å². The minimum atomic E-state index is -3.99. The lowest BCUT2D eigenvalue weighted by molar-refractivity contribution is -0.137. The molecule has 2 aliphatic rings. The number of primary sulfonamides is 1. The van der Waals surface area contributed by atoms with Gasteiger partial charge in [-0.15, -0.1) is 0 Å². The fourth-order valence-electron chi connectivity index (χ4n) is 4.25. The van der Waals surface area contributed by atoms with Gasteiger partial charge in [-0.3, -0.25) is 4.79 Å². The van der Waals surface area contributed by atoms with Gasteiger partial charge in [-0.1, -0.05) is 11.6 Å². The number of hydrogen-bond acceptors (Lipinski definition) is 7. The number of hydrogen-bond donors (Lipinski definition) is 2. The molecular weight excluding hydrogens is 456 g/mol. The second-order valence-electron chi connectivity index (χ2n) is 8.05. The van der Waals surface area contributed by atoms with Crippen molar-refractivity contribution >= 4 is 44.4 Å². The van der Waals surface area contributed by atoms with Crippen LogP contribution < -0.4 is 14.8 Å². The molecule has 12 heteroatoms. The Morgan fingerprint density at radius 1 is 1.25 bits per heavy atom. The lowest BCUT2D eigenvalue weighted by Gasteiger charge is -2.42. The number of anilines is 1. The number of amides is 1. The van der Waals surface area contributed by atoms with Crippen LogP contribution in [0, 0.1) is 0 Å². The SMILES string of the molecule is NS(=O)(=O)c1cc(OCC(=O)N2CCN(c3ncnc4[nH]ccc34)CC23CC3)ccc1Cl. The van der Waals surface area contributed by atoms with Crippen molar-refractivity contribution in [3.8, 4) is 5.75 Å². The van der Waals surface area contributed by atoms with E-state index in [0.29, 0.717) is 19.6 Å². The van der Waals surface area contributed by atoms with Crippen molar-refractivity contribution in [2.45, 2.75) is 23.3 Å². The van der Waals surface area contributed by atoms with Gasteiger partial charge >= 0.3 is 0 Å². The molecule has 168 valence electrons. The van der Waals surface area contributed by atoms with Gasteiger partial charge in [0.1, 0.15) is 28.4 Å². The van der Waals surface area contributed by atoms with Crippen molar-refractivity contribution in [2.75, 3.05) is 31.1 Å². The van der Waals surface area contributed by atoms with E-state index in [-0.39, 0.29) is 33.7 Å². The van der Waals surface area contributed by atoms with Crippen LogP contribution in [0.2, 0.25) is 5.02 Å². The van der Waals surface area contributed by atoms with Gasteiger partial charge in [0.15, 0.2) is 6.61 Å². The van der Waals surface area contributed by atoms with Crippen molar-refractivity contribution in [3.63, 3.8) is 0 Å². The van der Waals surface area contributed by atoms with Gasteiger partial charge in [0.05, 0.1) is 15.9 Å². The first kappa shape index (κ1) is 21.0. The van der Waals surface area contributed by atoms with Crippen LogP contribution in [0.1, 0.15) is 12.8 Å². The number of ether oxygens (including phenoxy) is 1. The maximum atomic E-state index is 13.0.